The van der Waals surface area contributed by atoms with Gasteiger partial charge in [0.05, 0.1) is 17.9 Å². The van der Waals surface area contributed by atoms with Crippen LogP contribution in [0.25, 0.3) is 0 Å². The molecule has 6 atom stereocenters. The van der Waals surface area contributed by atoms with Crippen molar-refractivity contribution in [2.45, 2.75) is 64.3 Å². The molecule has 2 saturated carbocycles. The molecule has 29 heavy (non-hydrogen) atoms. The summed E-state index contributed by atoms with van der Waals surface area (Å²) in [4.78, 5) is 24.6. The molecule has 6 unspecified atom stereocenters. The smallest absolute Gasteiger partial charge is 0.423 e. The summed E-state index contributed by atoms with van der Waals surface area (Å²) in [5.74, 6) is -4.04. The molecular formula is C18H22F6O5. The average molecular weight is 432 g/mol. The zero-order chi connectivity index (χ0) is 21.9. The van der Waals surface area contributed by atoms with E-state index in [9.17, 15) is 35.9 Å². The second-order valence-electron chi connectivity index (χ2n) is 8.56. The van der Waals surface area contributed by atoms with Crippen LogP contribution in [-0.2, 0) is 23.8 Å². The predicted molar refractivity (Wildman–Crippen MR) is 84.3 cm³/mol. The number of carbonyl (C=O) groups is 2. The molecule has 0 radical (unpaired) electrons. The maximum Gasteiger partial charge on any atom is 0.423 e. The van der Waals surface area contributed by atoms with E-state index in [1.165, 1.54) is 0 Å². The van der Waals surface area contributed by atoms with E-state index in [0.29, 0.717) is 12.8 Å². The molecule has 1 saturated heterocycles. The predicted octanol–water partition coefficient (Wildman–Crippen LogP) is 3.65. The Kier molecular flexibility index (Phi) is 5.37. The van der Waals surface area contributed by atoms with Crippen molar-refractivity contribution in [2.24, 2.45) is 29.1 Å². The SMILES string of the molecule is CCC(C)(C)C(=O)OC1C2CC3C1OC(=O)C3C2COC(C(F)(F)F)C(F)(F)F. The molecule has 0 aromatic carbocycles. The second kappa shape index (κ2) is 7.02. The number of halogens is 6. The summed E-state index contributed by atoms with van der Waals surface area (Å²) in [5, 5.41) is 0. The standard InChI is InChI=1S/C18H22F6O5/c1-4-16(2,3)15(26)29-11-7-5-8-10(13(25)28-12(8)11)9(7)6-27-14(17(19,20)21)18(22,23)24/h7-12,14H,4-6H2,1-3H3. The highest BCUT2D eigenvalue weighted by Gasteiger charge is 2.68. The third-order valence-electron chi connectivity index (χ3n) is 6.44. The first-order valence-electron chi connectivity index (χ1n) is 9.35. The van der Waals surface area contributed by atoms with Gasteiger partial charge < -0.3 is 14.2 Å². The number of rotatable bonds is 6. The first-order chi connectivity index (χ1) is 13.2. The lowest BCUT2D eigenvalue weighted by Crippen LogP contribution is -2.48. The van der Waals surface area contributed by atoms with Crippen LogP contribution in [0, 0.1) is 29.1 Å². The Bertz CT molecular complexity index is 659. The topological polar surface area (TPSA) is 61.8 Å². The highest BCUT2D eigenvalue weighted by atomic mass is 19.4. The summed E-state index contributed by atoms with van der Waals surface area (Å²) in [5.41, 5.74) is -0.826. The average Bonchev–Trinajstić information content (AvgIpc) is 3.16. The maximum absolute atomic E-state index is 12.8. The summed E-state index contributed by atoms with van der Waals surface area (Å²) in [6, 6.07) is 0. The second-order valence-corrected chi connectivity index (χ2v) is 8.56. The van der Waals surface area contributed by atoms with Gasteiger partial charge in [-0.15, -0.1) is 0 Å². The lowest BCUT2D eigenvalue weighted by atomic mass is 9.78. The van der Waals surface area contributed by atoms with Gasteiger partial charge in [0.2, 0.25) is 6.10 Å². The third kappa shape index (κ3) is 3.82. The Labute approximate surface area is 163 Å². The van der Waals surface area contributed by atoms with Crippen LogP contribution in [0.3, 0.4) is 0 Å². The normalized spacial score (nSPS) is 34.1. The van der Waals surface area contributed by atoms with E-state index < -0.39 is 78.3 Å². The Balaban J connectivity index is 1.77. The largest absolute Gasteiger partial charge is 0.458 e. The van der Waals surface area contributed by atoms with Gasteiger partial charge in [-0.05, 0) is 26.7 Å². The number of fused-ring (bicyclic) bond motifs is 1. The third-order valence-corrected chi connectivity index (χ3v) is 6.44. The van der Waals surface area contributed by atoms with Gasteiger partial charge >= 0.3 is 24.3 Å². The summed E-state index contributed by atoms with van der Waals surface area (Å²) < 4.78 is 91.6. The van der Waals surface area contributed by atoms with Gasteiger partial charge in [-0.1, -0.05) is 6.92 Å². The fourth-order valence-electron chi connectivity index (χ4n) is 4.53. The Morgan fingerprint density at radius 3 is 2.24 bits per heavy atom. The van der Waals surface area contributed by atoms with Gasteiger partial charge in [0, 0.05) is 17.8 Å². The molecule has 1 aliphatic heterocycles. The van der Waals surface area contributed by atoms with E-state index in [1.807, 2.05) is 0 Å². The van der Waals surface area contributed by atoms with Crippen molar-refractivity contribution in [3.63, 3.8) is 0 Å². The van der Waals surface area contributed by atoms with Gasteiger partial charge in [-0.3, -0.25) is 9.59 Å². The summed E-state index contributed by atoms with van der Waals surface area (Å²) >= 11 is 0. The lowest BCUT2D eigenvalue weighted by molar-refractivity contribution is -0.324. The summed E-state index contributed by atoms with van der Waals surface area (Å²) in [6.07, 6.45) is -16.0. The van der Waals surface area contributed by atoms with Crippen LogP contribution in [0.5, 0.6) is 0 Å². The Morgan fingerprint density at radius 1 is 1.14 bits per heavy atom. The molecule has 5 nitrogen and oxygen atoms in total. The molecule has 2 bridgehead atoms. The number of ether oxygens (including phenoxy) is 3. The molecule has 11 heteroatoms. The van der Waals surface area contributed by atoms with Crippen molar-refractivity contribution in [3.8, 4) is 0 Å². The Hall–Kier alpha value is -1.52. The minimum Gasteiger partial charge on any atom is -0.458 e. The molecule has 1 heterocycles. The van der Waals surface area contributed by atoms with Gasteiger partial charge in [0.25, 0.3) is 0 Å². The number of hydrogen-bond acceptors (Lipinski definition) is 5. The molecule has 166 valence electrons. The first-order valence-corrected chi connectivity index (χ1v) is 9.35. The van der Waals surface area contributed by atoms with E-state index in [0.717, 1.165) is 0 Å². The van der Waals surface area contributed by atoms with Crippen molar-refractivity contribution >= 4 is 11.9 Å². The molecule has 3 fully saturated rings. The monoisotopic (exact) mass is 432 g/mol. The van der Waals surface area contributed by atoms with Crippen LogP contribution >= 0.6 is 0 Å². The van der Waals surface area contributed by atoms with Crippen LogP contribution in [-0.4, -0.2) is 49.2 Å². The van der Waals surface area contributed by atoms with Crippen molar-refractivity contribution in [1.29, 1.82) is 0 Å². The quantitative estimate of drug-likeness (QED) is 0.474. The number of hydrogen-bond donors (Lipinski definition) is 0. The van der Waals surface area contributed by atoms with Crippen LogP contribution in [0.1, 0.15) is 33.6 Å². The lowest BCUT2D eigenvalue weighted by Gasteiger charge is -2.34. The zero-order valence-electron chi connectivity index (χ0n) is 16.0. The van der Waals surface area contributed by atoms with Crippen molar-refractivity contribution in [2.75, 3.05) is 6.61 Å². The van der Waals surface area contributed by atoms with E-state index in [4.69, 9.17) is 9.47 Å². The zero-order valence-corrected chi connectivity index (χ0v) is 16.0. The van der Waals surface area contributed by atoms with E-state index in [1.54, 1.807) is 20.8 Å². The fourth-order valence-corrected chi connectivity index (χ4v) is 4.53. The van der Waals surface area contributed by atoms with Crippen molar-refractivity contribution < 1.29 is 50.1 Å². The highest BCUT2D eigenvalue weighted by Crippen LogP contribution is 2.59. The van der Waals surface area contributed by atoms with E-state index >= 15 is 0 Å². The van der Waals surface area contributed by atoms with Crippen LogP contribution in [0.2, 0.25) is 0 Å². The molecule has 0 amide bonds. The van der Waals surface area contributed by atoms with Crippen molar-refractivity contribution in [3.05, 3.63) is 0 Å². The number of esters is 2. The highest BCUT2D eigenvalue weighted by molar-refractivity contribution is 5.78. The van der Waals surface area contributed by atoms with Crippen LogP contribution < -0.4 is 0 Å². The Morgan fingerprint density at radius 2 is 1.72 bits per heavy atom. The molecule has 0 aromatic rings. The van der Waals surface area contributed by atoms with Gasteiger partial charge in [0.1, 0.15) is 12.2 Å². The summed E-state index contributed by atoms with van der Waals surface area (Å²) in [7, 11) is 0. The van der Waals surface area contributed by atoms with Gasteiger partial charge in [0.15, 0.2) is 0 Å². The summed E-state index contributed by atoms with van der Waals surface area (Å²) in [6.45, 7) is 4.16. The maximum atomic E-state index is 12.8. The minimum absolute atomic E-state index is 0.322. The minimum atomic E-state index is -5.63. The van der Waals surface area contributed by atoms with Crippen LogP contribution in [0.15, 0.2) is 0 Å². The molecule has 0 spiro atoms. The molecule has 3 aliphatic rings. The number of alkyl halides is 6. The number of carbonyl (C=O) groups excluding carboxylic acids is 2. The van der Waals surface area contributed by atoms with Gasteiger partial charge in [-0.25, -0.2) is 0 Å². The molecule has 2 aliphatic carbocycles. The van der Waals surface area contributed by atoms with E-state index in [-0.39, 0.29) is 0 Å². The molecule has 0 N–H and O–H groups in total. The molecular weight excluding hydrogens is 410 g/mol. The molecule has 3 rings (SSSR count). The fraction of sp³-hybridized carbons (Fsp3) is 0.889. The van der Waals surface area contributed by atoms with Crippen LogP contribution in [0.4, 0.5) is 26.3 Å². The van der Waals surface area contributed by atoms with E-state index in [2.05, 4.69) is 4.74 Å². The van der Waals surface area contributed by atoms with Crippen molar-refractivity contribution in [1.82, 2.24) is 0 Å². The van der Waals surface area contributed by atoms with Gasteiger partial charge in [-0.2, -0.15) is 26.3 Å². The first kappa shape index (κ1) is 22.2. The molecule has 0 aromatic heterocycles.